The van der Waals surface area contributed by atoms with Gasteiger partial charge < -0.3 is 32.5 Å². The van der Waals surface area contributed by atoms with E-state index < -0.39 is 35.6 Å². The molecule has 0 rings (SSSR count). The second-order valence-electron chi connectivity index (χ2n) is 2.01. The molecule has 0 saturated carbocycles. The molecule has 0 aromatic heterocycles. The molecule has 12 nitrogen and oxygen atoms in total. The van der Waals surface area contributed by atoms with Crippen LogP contribution in [-0.2, 0) is 28.8 Å². The molecular formula is C6H9N3O9Pr. The van der Waals surface area contributed by atoms with Crippen molar-refractivity contribution in [3.05, 3.63) is 0 Å². The van der Waals surface area contributed by atoms with Gasteiger partial charge in [0.15, 0.2) is 0 Å². The Kier molecular flexibility index (Phi) is 19.4. The van der Waals surface area contributed by atoms with Gasteiger partial charge in [-0.05, 0) is 0 Å². The van der Waals surface area contributed by atoms with E-state index in [0.29, 0.717) is 0 Å². The molecule has 0 bridgehead atoms. The molecule has 0 fully saturated rings. The summed E-state index contributed by atoms with van der Waals surface area (Å²) in [6.45, 7) is 0. The molecule has 0 unspecified atom stereocenters. The molecule has 0 spiro atoms. The van der Waals surface area contributed by atoms with Gasteiger partial charge >= 0.3 is 35.6 Å². The van der Waals surface area contributed by atoms with E-state index in [9.17, 15) is 28.8 Å². The van der Waals surface area contributed by atoms with Crippen molar-refractivity contribution in [2.75, 3.05) is 0 Å². The molecule has 0 aliphatic rings. The molecule has 0 aromatic carbocycles. The van der Waals surface area contributed by atoms with Gasteiger partial charge in [0.05, 0.1) is 0 Å². The minimum atomic E-state index is -1.60. The third-order valence-corrected chi connectivity index (χ3v) is 0.632. The Balaban J connectivity index is -0.0000000865. The maximum absolute atomic E-state index is 9.32. The molecule has 3 amide bonds. The first kappa shape index (κ1) is 25.9. The first-order valence-electron chi connectivity index (χ1n) is 3.51. The molecule has 1 radical (unpaired) electrons. The van der Waals surface area contributed by atoms with Crippen molar-refractivity contribution >= 4 is 35.6 Å². The third kappa shape index (κ3) is 31.4. The summed E-state index contributed by atoms with van der Waals surface area (Å²) in [5.74, 6) is -8.78. The Morgan fingerprint density at radius 1 is 0.526 bits per heavy atom. The number of hydrogen-bond donors (Lipinski definition) is 6. The number of carbonyl (C=O) groups is 6. The van der Waals surface area contributed by atoms with Gasteiger partial charge in [-0.15, -0.1) is 0 Å². The minimum absolute atomic E-state index is 0. The quantitative estimate of drug-likeness (QED) is 0.212. The van der Waals surface area contributed by atoms with Crippen LogP contribution in [0.5, 0.6) is 0 Å². The molecule has 0 aliphatic carbocycles. The Bertz CT molecular complexity index is 287. The monoisotopic (exact) mass is 408 g/mol. The molecule has 13 heteroatoms. The van der Waals surface area contributed by atoms with Crippen molar-refractivity contribution < 1.29 is 85.4 Å². The molecule has 0 atom stereocenters. The molecule has 9 N–H and O–H groups in total. The summed E-state index contributed by atoms with van der Waals surface area (Å²) in [6.07, 6.45) is 0. The van der Waals surface area contributed by atoms with E-state index in [4.69, 9.17) is 15.3 Å². The van der Waals surface area contributed by atoms with E-state index in [2.05, 4.69) is 17.2 Å². The van der Waals surface area contributed by atoms with E-state index in [-0.39, 0.29) is 41.3 Å². The van der Waals surface area contributed by atoms with Gasteiger partial charge in [0.25, 0.3) is 0 Å². The standard InChI is InChI=1S/3C2H3NO3.Pr/c3*3-1(4)2(5)6;/h3*(H2,3,4)(H,5,6);. The zero-order valence-corrected chi connectivity index (χ0v) is 12.8. The number of nitrogens with two attached hydrogens (primary N) is 3. The third-order valence-electron chi connectivity index (χ3n) is 0.632. The SMILES string of the molecule is NC(=O)C(=O)O.NC(=O)C(=O)O.NC(=O)C(=O)O.[Pr]. The van der Waals surface area contributed by atoms with Crippen molar-refractivity contribution in [1.29, 1.82) is 0 Å². The molecule has 0 aliphatic heterocycles. The fourth-order valence-corrected chi connectivity index (χ4v) is 0. The van der Waals surface area contributed by atoms with E-state index in [1.54, 1.807) is 0 Å². The maximum atomic E-state index is 9.32. The van der Waals surface area contributed by atoms with Crippen LogP contribution in [0.15, 0.2) is 0 Å². The molecule has 105 valence electrons. The van der Waals surface area contributed by atoms with Gasteiger partial charge in [0, 0.05) is 41.3 Å². The number of rotatable bonds is 0. The molecule has 19 heavy (non-hydrogen) atoms. The minimum Gasteiger partial charge on any atom is -0.474 e. The van der Waals surface area contributed by atoms with Crippen LogP contribution in [0.4, 0.5) is 0 Å². The van der Waals surface area contributed by atoms with Crippen molar-refractivity contribution in [2.45, 2.75) is 0 Å². The van der Waals surface area contributed by atoms with Gasteiger partial charge in [-0.1, -0.05) is 0 Å². The predicted molar refractivity (Wildman–Crippen MR) is 50.5 cm³/mol. The number of hydrogen-bond acceptors (Lipinski definition) is 6. The Labute approximate surface area is 137 Å². The summed E-state index contributed by atoms with van der Waals surface area (Å²) in [6, 6.07) is 0. The Morgan fingerprint density at radius 2 is 0.579 bits per heavy atom. The van der Waals surface area contributed by atoms with Gasteiger partial charge in [-0.2, -0.15) is 0 Å². The number of carboxylic acids is 3. The van der Waals surface area contributed by atoms with Crippen molar-refractivity contribution in [2.24, 2.45) is 17.2 Å². The summed E-state index contributed by atoms with van der Waals surface area (Å²) in [4.78, 5) is 55.6. The van der Waals surface area contributed by atoms with Crippen LogP contribution in [0.3, 0.4) is 0 Å². The second kappa shape index (κ2) is 14.2. The molecular weight excluding hydrogens is 399 g/mol. The predicted octanol–water partition coefficient (Wildman–Crippen LogP) is -4.33. The average Bonchev–Trinajstić information content (AvgIpc) is 2.18. The maximum Gasteiger partial charge on any atom is 0.394 e. The second-order valence-corrected chi connectivity index (χ2v) is 2.01. The van der Waals surface area contributed by atoms with E-state index in [0.717, 1.165) is 0 Å². The number of amides is 3. The zero-order valence-electron chi connectivity index (χ0n) is 9.10. The summed E-state index contributed by atoms with van der Waals surface area (Å²) in [7, 11) is 0. The number of carbonyl (C=O) groups excluding carboxylic acids is 3. The van der Waals surface area contributed by atoms with Crippen LogP contribution in [0.2, 0.25) is 0 Å². The first-order chi connectivity index (χ1) is 7.93. The Morgan fingerprint density at radius 3 is 0.579 bits per heavy atom. The fourth-order valence-electron chi connectivity index (χ4n) is 0. The van der Waals surface area contributed by atoms with Crippen LogP contribution in [0.1, 0.15) is 0 Å². The largest absolute Gasteiger partial charge is 0.474 e. The summed E-state index contributed by atoms with van der Waals surface area (Å²) >= 11 is 0. The molecule has 0 aromatic rings. The molecule has 0 heterocycles. The van der Waals surface area contributed by atoms with Crippen LogP contribution < -0.4 is 17.2 Å². The number of carboxylic acid groups (broad SMARTS) is 3. The van der Waals surface area contributed by atoms with Crippen LogP contribution in [0, 0.1) is 41.3 Å². The topological polar surface area (TPSA) is 241 Å². The van der Waals surface area contributed by atoms with Gasteiger partial charge in [0.1, 0.15) is 0 Å². The summed E-state index contributed by atoms with van der Waals surface area (Å²) in [5.41, 5.74) is 12.6. The van der Waals surface area contributed by atoms with Gasteiger partial charge in [-0.3, -0.25) is 14.4 Å². The zero-order chi connectivity index (χ0) is 15.5. The smallest absolute Gasteiger partial charge is 0.394 e. The summed E-state index contributed by atoms with van der Waals surface area (Å²) in [5, 5.41) is 22.5. The average molecular weight is 408 g/mol. The van der Waals surface area contributed by atoms with E-state index in [1.807, 2.05) is 0 Å². The van der Waals surface area contributed by atoms with Crippen LogP contribution in [0.25, 0.3) is 0 Å². The van der Waals surface area contributed by atoms with Crippen LogP contribution >= 0.6 is 0 Å². The molecule has 0 saturated heterocycles. The van der Waals surface area contributed by atoms with E-state index >= 15 is 0 Å². The van der Waals surface area contributed by atoms with Crippen molar-refractivity contribution in [1.82, 2.24) is 0 Å². The normalized spacial score (nSPS) is 6.95. The van der Waals surface area contributed by atoms with Crippen molar-refractivity contribution in [3.8, 4) is 0 Å². The number of aliphatic carboxylic acids is 3. The fraction of sp³-hybridized carbons (Fsp3) is 0. The Hall–Kier alpha value is -1.82. The number of primary amides is 3. The van der Waals surface area contributed by atoms with Crippen molar-refractivity contribution in [3.63, 3.8) is 0 Å². The van der Waals surface area contributed by atoms with Gasteiger partial charge in [0.2, 0.25) is 0 Å². The van der Waals surface area contributed by atoms with Gasteiger partial charge in [-0.25, -0.2) is 14.4 Å². The first-order valence-corrected chi connectivity index (χ1v) is 3.51. The van der Waals surface area contributed by atoms with E-state index in [1.165, 1.54) is 0 Å². The van der Waals surface area contributed by atoms with Crippen LogP contribution in [-0.4, -0.2) is 50.9 Å². The summed E-state index contributed by atoms with van der Waals surface area (Å²) < 4.78 is 0.